The van der Waals surface area contributed by atoms with Crippen molar-refractivity contribution in [3.8, 4) is 0 Å². The average molecular weight is 130 g/mol. The van der Waals surface area contributed by atoms with Crippen LogP contribution in [0.3, 0.4) is 0 Å². The second-order valence-corrected chi connectivity index (χ2v) is 2.86. The van der Waals surface area contributed by atoms with Gasteiger partial charge in [0.2, 0.25) is 5.78 Å². The van der Waals surface area contributed by atoms with Gasteiger partial charge in [-0.3, -0.25) is 4.79 Å². The summed E-state index contributed by atoms with van der Waals surface area (Å²) in [5, 5.41) is 10.1. The van der Waals surface area contributed by atoms with E-state index in [1.807, 2.05) is 0 Å². The van der Waals surface area contributed by atoms with Crippen LogP contribution in [-0.2, 0) is 4.79 Å². The molecular formula is C5H6O2S. The molecule has 1 heterocycles. The van der Waals surface area contributed by atoms with E-state index in [1.165, 1.54) is 17.2 Å². The van der Waals surface area contributed by atoms with E-state index in [-0.39, 0.29) is 16.8 Å². The molecule has 0 saturated carbocycles. The molecule has 1 unspecified atom stereocenters. The second kappa shape index (κ2) is 1.82. The topological polar surface area (TPSA) is 37.3 Å². The number of carbonyl (C=O) groups excluding carboxylic acids is 1. The Bertz CT molecular complexity index is 151. The molecule has 44 valence electrons. The van der Waals surface area contributed by atoms with Crippen molar-refractivity contribution in [2.75, 3.05) is 0 Å². The number of thioether (sulfide) groups is 1. The van der Waals surface area contributed by atoms with Gasteiger partial charge < -0.3 is 5.11 Å². The summed E-state index contributed by atoms with van der Waals surface area (Å²) < 4.78 is 0. The van der Waals surface area contributed by atoms with Gasteiger partial charge in [-0.25, -0.2) is 0 Å². The van der Waals surface area contributed by atoms with Crippen molar-refractivity contribution in [2.24, 2.45) is 0 Å². The maximum atomic E-state index is 10.6. The Hall–Kier alpha value is -0.440. The van der Waals surface area contributed by atoms with Gasteiger partial charge in [-0.1, -0.05) is 0 Å². The number of allylic oxidation sites excluding steroid dienone is 1. The maximum absolute atomic E-state index is 10.6. The summed E-state index contributed by atoms with van der Waals surface area (Å²) in [6.07, 6.45) is 0. The molecule has 0 radical (unpaired) electrons. The fraction of sp³-hybridized carbons (Fsp3) is 0.400. The minimum Gasteiger partial charge on any atom is -0.504 e. The van der Waals surface area contributed by atoms with Crippen molar-refractivity contribution >= 4 is 17.5 Å². The van der Waals surface area contributed by atoms with Gasteiger partial charge in [0.05, 0.1) is 5.25 Å². The van der Waals surface area contributed by atoms with Crippen LogP contribution in [0.4, 0.5) is 0 Å². The molecule has 1 aliphatic rings. The van der Waals surface area contributed by atoms with Gasteiger partial charge in [-0.05, 0) is 6.92 Å². The number of hydrogen-bond acceptors (Lipinski definition) is 3. The van der Waals surface area contributed by atoms with Crippen LogP contribution in [0.5, 0.6) is 0 Å². The van der Waals surface area contributed by atoms with Gasteiger partial charge in [0, 0.05) is 5.41 Å². The normalized spacial score (nSPS) is 28.4. The number of aliphatic hydroxyl groups is 1. The Labute approximate surface area is 51.6 Å². The molecule has 0 aromatic rings. The van der Waals surface area contributed by atoms with Crippen molar-refractivity contribution < 1.29 is 9.90 Å². The van der Waals surface area contributed by atoms with Gasteiger partial charge in [-0.2, -0.15) is 0 Å². The summed E-state index contributed by atoms with van der Waals surface area (Å²) in [7, 11) is 0. The first-order chi connectivity index (χ1) is 3.72. The minimum atomic E-state index is -0.157. The molecule has 0 bridgehead atoms. The van der Waals surface area contributed by atoms with Crippen LogP contribution in [-0.4, -0.2) is 16.1 Å². The molecule has 0 aromatic carbocycles. The smallest absolute Gasteiger partial charge is 0.210 e. The number of Topliss-reactive ketones (excluding diaryl/α,β-unsaturated/α-hetero) is 1. The van der Waals surface area contributed by atoms with E-state index in [1.54, 1.807) is 6.92 Å². The third-order valence-electron chi connectivity index (χ3n) is 1.01. The third kappa shape index (κ3) is 0.733. The lowest BCUT2D eigenvalue weighted by Gasteiger charge is -1.92. The van der Waals surface area contributed by atoms with Crippen LogP contribution in [0, 0.1) is 0 Å². The fourth-order valence-corrected chi connectivity index (χ4v) is 1.19. The lowest BCUT2D eigenvalue weighted by atomic mass is 10.3. The zero-order valence-corrected chi connectivity index (χ0v) is 5.23. The highest BCUT2D eigenvalue weighted by Crippen LogP contribution is 2.24. The van der Waals surface area contributed by atoms with E-state index >= 15 is 0 Å². The summed E-state index contributed by atoms with van der Waals surface area (Å²) in [5.74, 6) is -0.252. The summed E-state index contributed by atoms with van der Waals surface area (Å²) in [6.45, 7) is 1.77. The summed E-state index contributed by atoms with van der Waals surface area (Å²) in [4.78, 5) is 10.6. The molecule has 2 nitrogen and oxygen atoms in total. The Morgan fingerprint density at radius 1 is 1.88 bits per heavy atom. The first kappa shape index (κ1) is 5.69. The lowest BCUT2D eigenvalue weighted by Crippen LogP contribution is -2.08. The molecule has 8 heavy (non-hydrogen) atoms. The zero-order chi connectivity index (χ0) is 6.15. The van der Waals surface area contributed by atoms with E-state index in [0.717, 1.165) is 0 Å². The monoisotopic (exact) mass is 130 g/mol. The van der Waals surface area contributed by atoms with Crippen molar-refractivity contribution in [1.82, 2.24) is 0 Å². The van der Waals surface area contributed by atoms with Gasteiger partial charge >= 0.3 is 0 Å². The average Bonchev–Trinajstić information content (AvgIpc) is 1.98. The second-order valence-electron chi connectivity index (χ2n) is 1.65. The number of carbonyl (C=O) groups is 1. The highest BCUT2D eigenvalue weighted by Gasteiger charge is 2.22. The summed E-state index contributed by atoms with van der Waals surface area (Å²) >= 11 is 1.35. The van der Waals surface area contributed by atoms with Crippen LogP contribution in [0.2, 0.25) is 0 Å². The predicted molar refractivity (Wildman–Crippen MR) is 32.8 cm³/mol. The molecule has 0 aliphatic carbocycles. The molecular weight excluding hydrogens is 124 g/mol. The maximum Gasteiger partial charge on any atom is 0.210 e. The van der Waals surface area contributed by atoms with Gasteiger partial charge in [0.1, 0.15) is 0 Å². The molecule has 1 N–H and O–H groups in total. The van der Waals surface area contributed by atoms with E-state index in [9.17, 15) is 4.79 Å². The van der Waals surface area contributed by atoms with E-state index < -0.39 is 0 Å². The lowest BCUT2D eigenvalue weighted by molar-refractivity contribution is -0.116. The first-order valence-corrected chi connectivity index (χ1v) is 3.25. The minimum absolute atomic E-state index is 0.0741. The van der Waals surface area contributed by atoms with Gasteiger partial charge in [-0.15, -0.1) is 11.8 Å². The van der Waals surface area contributed by atoms with Crippen molar-refractivity contribution in [2.45, 2.75) is 12.2 Å². The molecule has 0 spiro atoms. The first-order valence-electron chi connectivity index (χ1n) is 2.30. The van der Waals surface area contributed by atoms with Crippen LogP contribution in [0.15, 0.2) is 11.2 Å². The molecule has 0 saturated heterocycles. The molecule has 3 heteroatoms. The highest BCUT2D eigenvalue weighted by molar-refractivity contribution is 8.03. The SMILES string of the molecule is CC1SC=C(O)C1=O. The molecule has 1 aliphatic heterocycles. The molecule has 0 fully saturated rings. The Morgan fingerprint density at radius 2 is 2.50 bits per heavy atom. The third-order valence-corrected chi connectivity index (χ3v) is 1.99. The Morgan fingerprint density at radius 3 is 2.62 bits per heavy atom. The number of aliphatic hydroxyl groups excluding tert-OH is 1. The molecule has 0 amide bonds. The molecule has 1 rings (SSSR count). The Kier molecular flexibility index (Phi) is 1.29. The van der Waals surface area contributed by atoms with Crippen LogP contribution in [0.1, 0.15) is 6.92 Å². The van der Waals surface area contributed by atoms with E-state index in [0.29, 0.717) is 0 Å². The van der Waals surface area contributed by atoms with Gasteiger partial charge in [0.25, 0.3) is 0 Å². The molecule has 1 atom stereocenters. The van der Waals surface area contributed by atoms with Crippen LogP contribution >= 0.6 is 11.8 Å². The predicted octanol–water partition coefficient (Wildman–Crippen LogP) is 1.09. The largest absolute Gasteiger partial charge is 0.504 e. The van der Waals surface area contributed by atoms with Crippen molar-refractivity contribution in [3.05, 3.63) is 11.2 Å². The summed E-state index contributed by atoms with van der Waals surface area (Å²) in [6, 6.07) is 0. The summed E-state index contributed by atoms with van der Waals surface area (Å²) in [5.41, 5.74) is 0. The quantitative estimate of drug-likeness (QED) is 0.533. The number of ketones is 1. The van der Waals surface area contributed by atoms with E-state index in [2.05, 4.69) is 0 Å². The standard InChI is InChI=1S/C5H6O2S/c1-3-5(7)4(6)2-8-3/h2-3,6H,1H3. The fourth-order valence-electron chi connectivity index (χ4n) is 0.495. The van der Waals surface area contributed by atoms with Gasteiger partial charge in [0.15, 0.2) is 5.76 Å². The van der Waals surface area contributed by atoms with Crippen molar-refractivity contribution in [1.29, 1.82) is 0 Å². The highest BCUT2D eigenvalue weighted by atomic mass is 32.2. The number of hydrogen-bond donors (Lipinski definition) is 1. The number of rotatable bonds is 0. The Balaban J connectivity index is 2.73. The van der Waals surface area contributed by atoms with Crippen molar-refractivity contribution in [3.63, 3.8) is 0 Å². The van der Waals surface area contributed by atoms with E-state index in [4.69, 9.17) is 5.11 Å². The zero-order valence-electron chi connectivity index (χ0n) is 4.42. The molecule has 0 aromatic heterocycles. The van der Waals surface area contributed by atoms with Crippen LogP contribution in [0.25, 0.3) is 0 Å². The van der Waals surface area contributed by atoms with Crippen LogP contribution < -0.4 is 0 Å².